The van der Waals surface area contributed by atoms with E-state index in [4.69, 9.17) is 0 Å². The lowest BCUT2D eigenvalue weighted by Crippen LogP contribution is -2.34. The molecule has 5 heteroatoms. The summed E-state index contributed by atoms with van der Waals surface area (Å²) in [6.45, 7) is 2.09. The van der Waals surface area contributed by atoms with E-state index >= 15 is 0 Å². The zero-order valence-electron chi connectivity index (χ0n) is 11.8. The van der Waals surface area contributed by atoms with Crippen LogP contribution >= 0.6 is 0 Å². The van der Waals surface area contributed by atoms with Crippen LogP contribution in [0.3, 0.4) is 0 Å². The fourth-order valence-corrected chi connectivity index (χ4v) is 3.07. The topological polar surface area (TPSA) is 58.1 Å². The predicted molar refractivity (Wildman–Crippen MR) is 77.8 cm³/mol. The summed E-state index contributed by atoms with van der Waals surface area (Å²) in [7, 11) is 0. The Balaban J connectivity index is 1.61. The van der Waals surface area contributed by atoms with Crippen LogP contribution in [0.4, 0.5) is 5.82 Å². The number of carbonyl (C=O) groups excluding carboxylic acids is 1. The summed E-state index contributed by atoms with van der Waals surface area (Å²) in [6.07, 6.45) is 8.33. The molecule has 0 spiro atoms. The van der Waals surface area contributed by atoms with Gasteiger partial charge in [0.15, 0.2) is 11.5 Å². The van der Waals surface area contributed by atoms with Crippen LogP contribution in [0.5, 0.6) is 0 Å². The fraction of sp³-hybridized carbons (Fsp3) is 0.667. The van der Waals surface area contributed by atoms with Gasteiger partial charge in [0.25, 0.3) is 5.91 Å². The third-order valence-corrected chi connectivity index (χ3v) is 4.25. The van der Waals surface area contributed by atoms with Gasteiger partial charge in [-0.15, -0.1) is 10.2 Å². The second-order valence-corrected chi connectivity index (χ2v) is 5.78. The smallest absolute Gasteiger partial charge is 0.272 e. The van der Waals surface area contributed by atoms with Gasteiger partial charge in [0.2, 0.25) is 0 Å². The first kappa shape index (κ1) is 13.3. The van der Waals surface area contributed by atoms with Gasteiger partial charge in [-0.2, -0.15) is 0 Å². The lowest BCUT2D eigenvalue weighted by molar-refractivity contribution is 0.0932. The van der Waals surface area contributed by atoms with Gasteiger partial charge in [-0.05, 0) is 44.2 Å². The summed E-state index contributed by atoms with van der Waals surface area (Å²) < 4.78 is 0. The molecule has 108 valence electrons. The van der Waals surface area contributed by atoms with Crippen LogP contribution in [0.15, 0.2) is 12.1 Å². The first-order valence-corrected chi connectivity index (χ1v) is 7.72. The van der Waals surface area contributed by atoms with Crippen molar-refractivity contribution < 1.29 is 4.79 Å². The first-order chi connectivity index (χ1) is 9.83. The van der Waals surface area contributed by atoms with E-state index in [0.29, 0.717) is 11.7 Å². The molecule has 1 aromatic heterocycles. The Hall–Kier alpha value is -1.65. The average molecular weight is 274 g/mol. The van der Waals surface area contributed by atoms with Gasteiger partial charge >= 0.3 is 0 Å². The number of hydrogen-bond acceptors (Lipinski definition) is 4. The molecule has 0 radical (unpaired) electrons. The highest BCUT2D eigenvalue weighted by Crippen LogP contribution is 2.19. The number of piperidine rings is 1. The lowest BCUT2D eigenvalue weighted by atomic mass is 10.1. The molecule has 1 N–H and O–H groups in total. The summed E-state index contributed by atoms with van der Waals surface area (Å²) in [5.74, 6) is 0.803. The van der Waals surface area contributed by atoms with Crippen LogP contribution in [0.1, 0.15) is 55.4 Å². The molecule has 2 fully saturated rings. The molecule has 20 heavy (non-hydrogen) atoms. The maximum atomic E-state index is 12.1. The van der Waals surface area contributed by atoms with Gasteiger partial charge < -0.3 is 10.2 Å². The van der Waals surface area contributed by atoms with E-state index in [0.717, 1.165) is 31.7 Å². The minimum Gasteiger partial charge on any atom is -0.355 e. The van der Waals surface area contributed by atoms with Crippen molar-refractivity contribution in [3.05, 3.63) is 17.8 Å². The summed E-state index contributed by atoms with van der Waals surface area (Å²) in [5.41, 5.74) is 0.428. The highest BCUT2D eigenvalue weighted by Gasteiger charge is 2.19. The molecular formula is C15H22N4O. The summed E-state index contributed by atoms with van der Waals surface area (Å²) in [4.78, 5) is 14.3. The predicted octanol–water partition coefficient (Wildman–Crippen LogP) is 2.14. The summed E-state index contributed by atoms with van der Waals surface area (Å²) in [5, 5.41) is 11.3. The Bertz CT molecular complexity index is 447. The molecule has 1 amide bonds. The van der Waals surface area contributed by atoms with Crippen molar-refractivity contribution >= 4 is 11.7 Å². The molecule has 1 saturated heterocycles. The molecule has 0 atom stereocenters. The van der Waals surface area contributed by atoms with E-state index < -0.39 is 0 Å². The molecule has 0 bridgehead atoms. The molecule has 0 aromatic carbocycles. The first-order valence-electron chi connectivity index (χ1n) is 7.72. The molecule has 1 aliphatic carbocycles. The Morgan fingerprint density at radius 3 is 2.45 bits per heavy atom. The van der Waals surface area contributed by atoms with Crippen LogP contribution in [-0.2, 0) is 0 Å². The monoisotopic (exact) mass is 274 g/mol. The molecule has 2 heterocycles. The molecule has 5 nitrogen and oxygen atoms in total. The Labute approximate surface area is 119 Å². The van der Waals surface area contributed by atoms with Crippen molar-refractivity contribution in [3.63, 3.8) is 0 Å². The van der Waals surface area contributed by atoms with Crippen molar-refractivity contribution in [1.82, 2.24) is 15.5 Å². The number of carbonyl (C=O) groups is 1. The van der Waals surface area contributed by atoms with E-state index in [1.165, 1.54) is 32.1 Å². The van der Waals surface area contributed by atoms with Gasteiger partial charge in [-0.3, -0.25) is 4.79 Å². The van der Waals surface area contributed by atoms with E-state index in [2.05, 4.69) is 20.4 Å². The van der Waals surface area contributed by atoms with Crippen molar-refractivity contribution in [1.29, 1.82) is 0 Å². The minimum absolute atomic E-state index is 0.0883. The Morgan fingerprint density at radius 2 is 1.80 bits per heavy atom. The van der Waals surface area contributed by atoms with Crippen LogP contribution < -0.4 is 10.2 Å². The third-order valence-electron chi connectivity index (χ3n) is 4.25. The third kappa shape index (κ3) is 3.08. The standard InChI is InChI=1S/C15H22N4O/c20-15(16-12-6-2-3-7-12)13-8-9-14(18-17-13)19-10-4-1-5-11-19/h8-9,12H,1-7,10-11H2,(H,16,20). The highest BCUT2D eigenvalue weighted by molar-refractivity contribution is 5.92. The maximum absolute atomic E-state index is 12.1. The Morgan fingerprint density at radius 1 is 1.05 bits per heavy atom. The number of rotatable bonds is 3. The average Bonchev–Trinajstić information content (AvgIpc) is 3.01. The summed E-state index contributed by atoms with van der Waals surface area (Å²) >= 11 is 0. The van der Waals surface area contributed by atoms with Crippen molar-refractivity contribution in [2.24, 2.45) is 0 Å². The maximum Gasteiger partial charge on any atom is 0.272 e. The normalized spacial score (nSPS) is 20.1. The number of aromatic nitrogens is 2. The number of hydrogen-bond donors (Lipinski definition) is 1. The fourth-order valence-electron chi connectivity index (χ4n) is 3.07. The second-order valence-electron chi connectivity index (χ2n) is 5.78. The van der Waals surface area contributed by atoms with Crippen LogP contribution in [-0.4, -0.2) is 35.2 Å². The molecular weight excluding hydrogens is 252 g/mol. The zero-order chi connectivity index (χ0) is 13.8. The number of anilines is 1. The molecule has 2 aliphatic rings. The van der Waals surface area contributed by atoms with Gasteiger partial charge in [-0.25, -0.2) is 0 Å². The number of nitrogens with zero attached hydrogens (tertiary/aromatic N) is 3. The van der Waals surface area contributed by atoms with Crippen LogP contribution in [0, 0.1) is 0 Å². The van der Waals surface area contributed by atoms with Gasteiger partial charge in [0, 0.05) is 19.1 Å². The van der Waals surface area contributed by atoms with Crippen LogP contribution in [0.25, 0.3) is 0 Å². The molecule has 1 aliphatic heterocycles. The molecule has 1 saturated carbocycles. The molecule has 0 unspecified atom stereocenters. The Kier molecular flexibility index (Phi) is 4.14. The minimum atomic E-state index is -0.0883. The van der Waals surface area contributed by atoms with Crippen molar-refractivity contribution in [3.8, 4) is 0 Å². The SMILES string of the molecule is O=C(NC1CCCC1)c1ccc(N2CCCCC2)nn1. The lowest BCUT2D eigenvalue weighted by Gasteiger charge is -2.27. The van der Waals surface area contributed by atoms with E-state index in [1.54, 1.807) is 6.07 Å². The number of amides is 1. The van der Waals surface area contributed by atoms with E-state index in [1.807, 2.05) is 6.07 Å². The van der Waals surface area contributed by atoms with Gasteiger partial charge in [0.1, 0.15) is 0 Å². The van der Waals surface area contributed by atoms with Gasteiger partial charge in [0.05, 0.1) is 0 Å². The van der Waals surface area contributed by atoms with Crippen LogP contribution in [0.2, 0.25) is 0 Å². The van der Waals surface area contributed by atoms with E-state index in [9.17, 15) is 4.79 Å². The summed E-state index contributed by atoms with van der Waals surface area (Å²) in [6, 6.07) is 4.04. The number of nitrogens with one attached hydrogen (secondary N) is 1. The molecule has 3 rings (SSSR count). The van der Waals surface area contributed by atoms with Crippen molar-refractivity contribution in [2.45, 2.75) is 51.0 Å². The zero-order valence-corrected chi connectivity index (χ0v) is 11.8. The molecule has 1 aromatic rings. The van der Waals surface area contributed by atoms with Crippen molar-refractivity contribution in [2.75, 3.05) is 18.0 Å². The van der Waals surface area contributed by atoms with Gasteiger partial charge in [-0.1, -0.05) is 12.8 Å². The largest absolute Gasteiger partial charge is 0.355 e. The highest BCUT2D eigenvalue weighted by atomic mass is 16.2. The second kappa shape index (κ2) is 6.20. The quantitative estimate of drug-likeness (QED) is 0.917. The van der Waals surface area contributed by atoms with E-state index in [-0.39, 0.29) is 5.91 Å².